The maximum atomic E-state index is 12.9. The summed E-state index contributed by atoms with van der Waals surface area (Å²) >= 11 is 5.94. The Bertz CT molecular complexity index is 735. The van der Waals surface area contributed by atoms with Crippen LogP contribution in [-0.2, 0) is 22.6 Å². The number of rotatable bonds is 9. The van der Waals surface area contributed by atoms with Gasteiger partial charge in [0, 0.05) is 24.7 Å². The van der Waals surface area contributed by atoms with Gasteiger partial charge in [0.05, 0.1) is 6.42 Å². The molecular weight excluding hydrogens is 364 g/mol. The summed E-state index contributed by atoms with van der Waals surface area (Å²) in [6.07, 6.45) is 0.705. The quantitative estimate of drug-likeness (QED) is 0.649. The summed E-state index contributed by atoms with van der Waals surface area (Å²) in [5.41, 5.74) is 1.80. The van der Waals surface area contributed by atoms with Gasteiger partial charge in [0.25, 0.3) is 0 Å². The first-order chi connectivity index (χ1) is 13.0. The Hall–Kier alpha value is -2.37. The van der Waals surface area contributed by atoms with Gasteiger partial charge in [-0.25, -0.2) is 0 Å². The van der Waals surface area contributed by atoms with E-state index < -0.39 is 6.04 Å². The van der Waals surface area contributed by atoms with E-state index in [2.05, 4.69) is 5.32 Å². The normalized spacial score (nSPS) is 11.7. The Kier molecular flexibility index (Phi) is 8.30. The van der Waals surface area contributed by atoms with Crippen molar-refractivity contribution in [2.24, 2.45) is 0 Å². The lowest BCUT2D eigenvalue weighted by atomic mass is 10.1. The van der Waals surface area contributed by atoms with Gasteiger partial charge in [-0.2, -0.15) is 0 Å². The zero-order valence-corrected chi connectivity index (χ0v) is 16.2. The van der Waals surface area contributed by atoms with Crippen molar-refractivity contribution >= 4 is 23.4 Å². The SMILES string of the molecule is C[C@H](C(=O)NCCCO)N(Cc1ccc(Cl)cc1)C(=O)Cc1ccccc1. The number of carbonyl (C=O) groups excluding carboxylic acids is 2. The Morgan fingerprint density at radius 1 is 1.07 bits per heavy atom. The zero-order chi connectivity index (χ0) is 19.6. The van der Waals surface area contributed by atoms with Gasteiger partial charge in [0.2, 0.25) is 11.8 Å². The molecule has 0 unspecified atom stereocenters. The van der Waals surface area contributed by atoms with Crippen molar-refractivity contribution in [2.75, 3.05) is 13.2 Å². The maximum absolute atomic E-state index is 12.9. The largest absolute Gasteiger partial charge is 0.396 e. The molecule has 0 aliphatic heterocycles. The van der Waals surface area contributed by atoms with Crippen molar-refractivity contribution in [3.8, 4) is 0 Å². The molecule has 2 aromatic carbocycles. The van der Waals surface area contributed by atoms with E-state index in [1.165, 1.54) is 0 Å². The molecular formula is C21H25ClN2O3. The van der Waals surface area contributed by atoms with Gasteiger partial charge in [-0.15, -0.1) is 0 Å². The number of halogens is 1. The molecule has 0 fully saturated rings. The molecule has 2 aromatic rings. The van der Waals surface area contributed by atoms with Gasteiger partial charge >= 0.3 is 0 Å². The number of amides is 2. The monoisotopic (exact) mass is 388 g/mol. The third kappa shape index (κ3) is 6.70. The van der Waals surface area contributed by atoms with E-state index >= 15 is 0 Å². The number of hydrogen-bond acceptors (Lipinski definition) is 3. The Balaban J connectivity index is 2.14. The highest BCUT2D eigenvalue weighted by atomic mass is 35.5. The third-order valence-corrected chi connectivity index (χ3v) is 4.52. The predicted molar refractivity (Wildman–Crippen MR) is 106 cm³/mol. The van der Waals surface area contributed by atoms with Crippen molar-refractivity contribution in [3.05, 3.63) is 70.7 Å². The number of nitrogens with zero attached hydrogens (tertiary/aromatic N) is 1. The fraction of sp³-hybridized carbons (Fsp3) is 0.333. The molecule has 5 nitrogen and oxygen atoms in total. The molecule has 2 N–H and O–H groups in total. The standard InChI is InChI=1S/C21H25ClN2O3/c1-16(21(27)23-12-5-13-25)24(15-18-8-10-19(22)11-9-18)20(26)14-17-6-3-2-4-7-17/h2-4,6-11,16,25H,5,12-15H2,1H3,(H,23,27)/t16-/m1/s1. The van der Waals surface area contributed by atoms with E-state index in [0.29, 0.717) is 24.5 Å². The minimum absolute atomic E-state index is 0.0100. The van der Waals surface area contributed by atoms with Crippen LogP contribution in [0.25, 0.3) is 0 Å². The van der Waals surface area contributed by atoms with Crippen LogP contribution in [0.15, 0.2) is 54.6 Å². The predicted octanol–water partition coefficient (Wildman–Crippen LogP) is 2.80. The average Bonchev–Trinajstić information content (AvgIpc) is 2.67. The molecule has 0 aliphatic carbocycles. The molecule has 27 heavy (non-hydrogen) atoms. The molecule has 2 amide bonds. The van der Waals surface area contributed by atoms with Crippen molar-refractivity contribution < 1.29 is 14.7 Å². The van der Waals surface area contributed by atoms with E-state index in [-0.39, 0.29) is 24.8 Å². The van der Waals surface area contributed by atoms with Crippen LogP contribution in [0.3, 0.4) is 0 Å². The van der Waals surface area contributed by atoms with Crippen LogP contribution in [0.5, 0.6) is 0 Å². The molecule has 0 aromatic heterocycles. The Morgan fingerprint density at radius 2 is 1.74 bits per heavy atom. The summed E-state index contributed by atoms with van der Waals surface area (Å²) in [4.78, 5) is 27.0. The second-order valence-corrected chi connectivity index (χ2v) is 6.79. The minimum Gasteiger partial charge on any atom is -0.396 e. The van der Waals surface area contributed by atoms with Gasteiger partial charge < -0.3 is 15.3 Å². The van der Waals surface area contributed by atoms with Gasteiger partial charge in [-0.3, -0.25) is 9.59 Å². The topological polar surface area (TPSA) is 69.6 Å². The lowest BCUT2D eigenvalue weighted by Crippen LogP contribution is -2.48. The first kappa shape index (κ1) is 20.9. The highest BCUT2D eigenvalue weighted by Gasteiger charge is 2.26. The molecule has 1 atom stereocenters. The lowest BCUT2D eigenvalue weighted by Gasteiger charge is -2.29. The number of carbonyl (C=O) groups is 2. The number of benzene rings is 2. The van der Waals surface area contributed by atoms with Gasteiger partial charge in [-0.05, 0) is 36.6 Å². The van der Waals surface area contributed by atoms with Crippen LogP contribution < -0.4 is 5.32 Å². The second kappa shape index (κ2) is 10.7. The number of hydrogen-bond donors (Lipinski definition) is 2. The average molecular weight is 389 g/mol. The third-order valence-electron chi connectivity index (χ3n) is 4.27. The minimum atomic E-state index is -0.629. The summed E-state index contributed by atoms with van der Waals surface area (Å²) < 4.78 is 0. The fourth-order valence-corrected chi connectivity index (χ4v) is 2.81. The van der Waals surface area contributed by atoms with E-state index in [1.807, 2.05) is 42.5 Å². The van der Waals surface area contributed by atoms with Crippen LogP contribution in [0.1, 0.15) is 24.5 Å². The molecule has 0 heterocycles. The smallest absolute Gasteiger partial charge is 0.242 e. The Morgan fingerprint density at radius 3 is 2.37 bits per heavy atom. The van der Waals surface area contributed by atoms with E-state index in [4.69, 9.17) is 16.7 Å². The van der Waals surface area contributed by atoms with Crippen LogP contribution >= 0.6 is 11.6 Å². The molecule has 0 aliphatic rings. The Labute approximate surface area is 165 Å². The van der Waals surface area contributed by atoms with Gasteiger partial charge in [0.15, 0.2) is 0 Å². The zero-order valence-electron chi connectivity index (χ0n) is 15.4. The highest BCUT2D eigenvalue weighted by molar-refractivity contribution is 6.30. The van der Waals surface area contributed by atoms with E-state index in [0.717, 1.165) is 11.1 Å². The fourth-order valence-electron chi connectivity index (χ4n) is 2.68. The first-order valence-electron chi connectivity index (χ1n) is 8.97. The van der Waals surface area contributed by atoms with Gasteiger partial charge in [0.1, 0.15) is 6.04 Å². The van der Waals surface area contributed by atoms with Crippen LogP contribution in [0.2, 0.25) is 5.02 Å². The molecule has 6 heteroatoms. The molecule has 0 bridgehead atoms. The van der Waals surface area contributed by atoms with E-state index in [9.17, 15) is 9.59 Å². The summed E-state index contributed by atoms with van der Waals surface area (Å²) in [5, 5.41) is 12.3. The second-order valence-electron chi connectivity index (χ2n) is 6.35. The summed E-state index contributed by atoms with van der Waals surface area (Å²) in [5.74, 6) is -0.361. The number of nitrogens with one attached hydrogen (secondary N) is 1. The number of aliphatic hydroxyl groups excluding tert-OH is 1. The van der Waals surface area contributed by atoms with Crippen molar-refractivity contribution in [3.63, 3.8) is 0 Å². The molecule has 0 saturated carbocycles. The lowest BCUT2D eigenvalue weighted by molar-refractivity contribution is -0.140. The molecule has 0 spiro atoms. The first-order valence-corrected chi connectivity index (χ1v) is 9.35. The highest BCUT2D eigenvalue weighted by Crippen LogP contribution is 2.15. The van der Waals surface area contributed by atoms with Crippen molar-refractivity contribution in [1.29, 1.82) is 0 Å². The number of aliphatic hydroxyl groups is 1. The van der Waals surface area contributed by atoms with Crippen molar-refractivity contribution in [2.45, 2.75) is 32.4 Å². The van der Waals surface area contributed by atoms with Crippen molar-refractivity contribution in [1.82, 2.24) is 10.2 Å². The van der Waals surface area contributed by atoms with Crippen LogP contribution in [0, 0.1) is 0 Å². The maximum Gasteiger partial charge on any atom is 0.242 e. The van der Waals surface area contributed by atoms with E-state index in [1.54, 1.807) is 24.0 Å². The van der Waals surface area contributed by atoms with Crippen LogP contribution in [0.4, 0.5) is 0 Å². The molecule has 0 saturated heterocycles. The van der Waals surface area contributed by atoms with Crippen LogP contribution in [-0.4, -0.2) is 41.0 Å². The molecule has 0 radical (unpaired) electrons. The summed E-state index contributed by atoms with van der Waals surface area (Å²) in [7, 11) is 0. The van der Waals surface area contributed by atoms with Gasteiger partial charge in [-0.1, -0.05) is 54.1 Å². The summed E-state index contributed by atoms with van der Waals surface area (Å²) in [6, 6.07) is 16.1. The molecule has 2 rings (SSSR count). The summed E-state index contributed by atoms with van der Waals surface area (Å²) in [6.45, 7) is 2.42. The molecule has 144 valence electrons.